The third-order valence-electron chi connectivity index (χ3n) is 1.58. The van der Waals surface area contributed by atoms with Gasteiger partial charge in [-0.2, -0.15) is 0 Å². The van der Waals surface area contributed by atoms with Crippen molar-refractivity contribution in [3.05, 3.63) is 29.3 Å². The molecule has 1 aromatic rings. The second-order valence-corrected chi connectivity index (χ2v) is 2.58. The zero-order valence-electron chi connectivity index (χ0n) is 7.11. The van der Waals surface area contributed by atoms with Gasteiger partial charge in [0.15, 0.2) is 0 Å². The van der Waals surface area contributed by atoms with Crippen LogP contribution in [-0.4, -0.2) is 12.4 Å². The number of carbonyl (C=O) groups excluding carboxylic acids is 2. The Morgan fingerprint density at radius 2 is 2.23 bits per heavy atom. The van der Waals surface area contributed by atoms with Crippen molar-refractivity contribution in [2.24, 2.45) is 5.73 Å². The van der Waals surface area contributed by atoms with Crippen LogP contribution in [0.5, 0.6) is 5.75 Å². The summed E-state index contributed by atoms with van der Waals surface area (Å²) in [6, 6.07) is 4.83. The first-order valence-corrected chi connectivity index (χ1v) is 3.66. The van der Waals surface area contributed by atoms with Crippen molar-refractivity contribution in [2.45, 2.75) is 6.92 Å². The Hall–Kier alpha value is -1.84. The minimum absolute atomic E-state index is 0.188. The van der Waals surface area contributed by atoms with Crippen molar-refractivity contribution in [1.29, 1.82) is 0 Å². The molecule has 0 aliphatic carbocycles. The SMILES string of the molecule is Cc1ccc(OC=O)c(C(N)=O)c1. The molecule has 0 saturated carbocycles. The highest BCUT2D eigenvalue weighted by atomic mass is 16.5. The Morgan fingerprint density at radius 1 is 1.54 bits per heavy atom. The molecule has 0 spiro atoms. The number of aryl methyl sites for hydroxylation is 1. The van der Waals surface area contributed by atoms with Crippen LogP contribution in [0.25, 0.3) is 0 Å². The Labute approximate surface area is 75.3 Å². The largest absolute Gasteiger partial charge is 0.428 e. The summed E-state index contributed by atoms with van der Waals surface area (Å²) in [5.74, 6) is -0.423. The molecule has 0 saturated heterocycles. The maximum atomic E-state index is 10.9. The minimum atomic E-state index is -0.611. The van der Waals surface area contributed by atoms with E-state index in [0.717, 1.165) is 5.56 Å². The van der Waals surface area contributed by atoms with Gasteiger partial charge in [-0.15, -0.1) is 0 Å². The van der Waals surface area contributed by atoms with Crippen LogP contribution < -0.4 is 10.5 Å². The first kappa shape index (κ1) is 9.25. The molecule has 0 aromatic heterocycles. The fourth-order valence-electron chi connectivity index (χ4n) is 0.991. The molecule has 13 heavy (non-hydrogen) atoms. The molecule has 4 heteroatoms. The molecule has 0 radical (unpaired) electrons. The van der Waals surface area contributed by atoms with Gasteiger partial charge in [-0.25, -0.2) is 0 Å². The number of ether oxygens (including phenoxy) is 1. The van der Waals surface area contributed by atoms with E-state index in [-0.39, 0.29) is 17.8 Å². The monoisotopic (exact) mass is 179 g/mol. The fraction of sp³-hybridized carbons (Fsp3) is 0.111. The quantitative estimate of drug-likeness (QED) is 0.692. The highest BCUT2D eigenvalue weighted by molar-refractivity contribution is 5.96. The Morgan fingerprint density at radius 3 is 2.77 bits per heavy atom. The summed E-state index contributed by atoms with van der Waals surface area (Å²) < 4.78 is 4.57. The Kier molecular flexibility index (Phi) is 2.64. The first-order chi connectivity index (χ1) is 6.15. The average Bonchev–Trinajstić information content (AvgIpc) is 2.08. The van der Waals surface area contributed by atoms with Gasteiger partial charge in [-0.3, -0.25) is 9.59 Å². The number of primary amides is 1. The molecular weight excluding hydrogens is 170 g/mol. The van der Waals surface area contributed by atoms with Crippen molar-refractivity contribution >= 4 is 12.4 Å². The van der Waals surface area contributed by atoms with E-state index in [0.29, 0.717) is 0 Å². The maximum absolute atomic E-state index is 10.9. The molecular formula is C9H9NO3. The van der Waals surface area contributed by atoms with Crippen LogP contribution in [0.1, 0.15) is 15.9 Å². The lowest BCUT2D eigenvalue weighted by molar-refractivity contribution is -0.120. The summed E-state index contributed by atoms with van der Waals surface area (Å²) in [7, 11) is 0. The molecule has 68 valence electrons. The number of benzene rings is 1. The second-order valence-electron chi connectivity index (χ2n) is 2.58. The summed E-state index contributed by atoms with van der Waals surface area (Å²) in [5.41, 5.74) is 6.18. The zero-order chi connectivity index (χ0) is 9.84. The maximum Gasteiger partial charge on any atom is 0.298 e. The third kappa shape index (κ3) is 2.05. The fourth-order valence-corrected chi connectivity index (χ4v) is 0.991. The predicted molar refractivity (Wildman–Crippen MR) is 46.4 cm³/mol. The number of hydrogen-bond donors (Lipinski definition) is 1. The molecule has 2 N–H and O–H groups in total. The van der Waals surface area contributed by atoms with E-state index >= 15 is 0 Å². The Bertz CT molecular complexity index is 347. The summed E-state index contributed by atoms with van der Waals surface area (Å²) >= 11 is 0. The van der Waals surface area contributed by atoms with Crippen LogP contribution in [0, 0.1) is 6.92 Å². The van der Waals surface area contributed by atoms with Crippen LogP contribution in [-0.2, 0) is 4.79 Å². The summed E-state index contributed by atoms with van der Waals surface area (Å²) in [5, 5.41) is 0. The van der Waals surface area contributed by atoms with E-state index < -0.39 is 5.91 Å². The van der Waals surface area contributed by atoms with Gasteiger partial charge >= 0.3 is 0 Å². The molecule has 0 atom stereocenters. The van der Waals surface area contributed by atoms with E-state index in [2.05, 4.69) is 4.74 Å². The molecule has 1 rings (SSSR count). The van der Waals surface area contributed by atoms with Gasteiger partial charge in [0.25, 0.3) is 12.4 Å². The molecule has 0 bridgehead atoms. The van der Waals surface area contributed by atoms with Crippen LogP contribution >= 0.6 is 0 Å². The minimum Gasteiger partial charge on any atom is -0.428 e. The third-order valence-corrected chi connectivity index (χ3v) is 1.58. The molecule has 1 amide bonds. The molecule has 0 heterocycles. The standard InChI is InChI=1S/C9H9NO3/c1-6-2-3-8(13-5-11)7(4-6)9(10)12/h2-5H,1H3,(H2,10,12). The van der Waals surface area contributed by atoms with Gasteiger partial charge in [0, 0.05) is 0 Å². The first-order valence-electron chi connectivity index (χ1n) is 3.66. The second kappa shape index (κ2) is 3.71. The van der Waals surface area contributed by atoms with Gasteiger partial charge in [0.1, 0.15) is 5.75 Å². The average molecular weight is 179 g/mol. The number of nitrogens with two attached hydrogens (primary N) is 1. The predicted octanol–water partition coefficient (Wildman–Crippen LogP) is 0.629. The number of amides is 1. The highest BCUT2D eigenvalue weighted by Gasteiger charge is 2.08. The molecule has 1 aromatic carbocycles. The van der Waals surface area contributed by atoms with Crippen LogP contribution in [0.4, 0.5) is 0 Å². The van der Waals surface area contributed by atoms with Crippen LogP contribution in [0.15, 0.2) is 18.2 Å². The number of rotatable bonds is 3. The van der Waals surface area contributed by atoms with E-state index in [1.807, 2.05) is 6.92 Å². The lowest BCUT2D eigenvalue weighted by Crippen LogP contribution is -2.13. The van der Waals surface area contributed by atoms with Gasteiger partial charge in [0.2, 0.25) is 0 Å². The highest BCUT2D eigenvalue weighted by Crippen LogP contribution is 2.18. The normalized spacial score (nSPS) is 9.31. The van der Waals surface area contributed by atoms with Crippen LogP contribution in [0.2, 0.25) is 0 Å². The smallest absolute Gasteiger partial charge is 0.298 e. The number of carbonyl (C=O) groups is 2. The molecule has 0 unspecified atom stereocenters. The van der Waals surface area contributed by atoms with Crippen molar-refractivity contribution in [1.82, 2.24) is 0 Å². The van der Waals surface area contributed by atoms with E-state index in [9.17, 15) is 9.59 Å². The van der Waals surface area contributed by atoms with E-state index in [1.165, 1.54) is 6.07 Å². The van der Waals surface area contributed by atoms with Gasteiger partial charge in [-0.05, 0) is 19.1 Å². The summed E-state index contributed by atoms with van der Waals surface area (Å²) in [6.07, 6.45) is 0. The van der Waals surface area contributed by atoms with Crippen molar-refractivity contribution in [2.75, 3.05) is 0 Å². The van der Waals surface area contributed by atoms with E-state index in [1.54, 1.807) is 12.1 Å². The Balaban J connectivity index is 3.17. The van der Waals surface area contributed by atoms with E-state index in [4.69, 9.17) is 5.73 Å². The van der Waals surface area contributed by atoms with Gasteiger partial charge in [-0.1, -0.05) is 11.6 Å². The topological polar surface area (TPSA) is 69.4 Å². The van der Waals surface area contributed by atoms with Crippen molar-refractivity contribution in [3.63, 3.8) is 0 Å². The summed E-state index contributed by atoms with van der Waals surface area (Å²) in [4.78, 5) is 20.9. The lowest BCUT2D eigenvalue weighted by Gasteiger charge is -2.04. The van der Waals surface area contributed by atoms with Crippen molar-refractivity contribution < 1.29 is 14.3 Å². The molecule has 0 aliphatic rings. The summed E-state index contributed by atoms with van der Waals surface area (Å²) in [6.45, 7) is 2.08. The zero-order valence-corrected chi connectivity index (χ0v) is 7.11. The molecule has 4 nitrogen and oxygen atoms in total. The number of hydrogen-bond acceptors (Lipinski definition) is 3. The molecule has 0 fully saturated rings. The lowest BCUT2D eigenvalue weighted by atomic mass is 10.1. The molecule has 0 aliphatic heterocycles. The van der Waals surface area contributed by atoms with Gasteiger partial charge < -0.3 is 10.5 Å². The van der Waals surface area contributed by atoms with Crippen LogP contribution in [0.3, 0.4) is 0 Å². The van der Waals surface area contributed by atoms with Gasteiger partial charge in [0.05, 0.1) is 5.56 Å². The van der Waals surface area contributed by atoms with Crippen molar-refractivity contribution in [3.8, 4) is 5.75 Å².